The fourth-order valence-corrected chi connectivity index (χ4v) is 2.04. The first kappa shape index (κ1) is 16.4. The quantitative estimate of drug-likeness (QED) is 0.743. The summed E-state index contributed by atoms with van der Waals surface area (Å²) < 4.78 is 0. The van der Waals surface area contributed by atoms with Crippen molar-refractivity contribution in [2.24, 2.45) is 0 Å². The molecule has 0 aliphatic heterocycles. The Labute approximate surface area is 136 Å². The molecule has 1 unspecified atom stereocenters. The van der Waals surface area contributed by atoms with Gasteiger partial charge in [-0.1, -0.05) is 30.0 Å². The van der Waals surface area contributed by atoms with Crippen LogP contribution in [0.4, 0.5) is 10.5 Å². The number of phenols is 1. The van der Waals surface area contributed by atoms with Crippen molar-refractivity contribution in [3.8, 4) is 17.6 Å². The number of nitrogens with one attached hydrogen (secondary N) is 2. The molecule has 0 saturated carbocycles. The lowest BCUT2D eigenvalue weighted by molar-refractivity contribution is 0.251. The third-order valence-electron chi connectivity index (χ3n) is 3.27. The van der Waals surface area contributed by atoms with Crippen LogP contribution in [0.15, 0.2) is 42.5 Å². The number of carbonyl (C=O) groups excluding carboxylic acids is 1. The maximum absolute atomic E-state index is 12.0. The minimum atomic E-state index is -0.317. The maximum Gasteiger partial charge on any atom is 0.320 e. The number of hydrogen-bond acceptors (Lipinski definition) is 2. The summed E-state index contributed by atoms with van der Waals surface area (Å²) >= 11 is 0. The molecule has 0 fully saturated rings. The summed E-state index contributed by atoms with van der Waals surface area (Å²) in [5.74, 6) is 6.03. The van der Waals surface area contributed by atoms with Crippen LogP contribution >= 0.6 is 0 Å². The van der Waals surface area contributed by atoms with E-state index in [0.29, 0.717) is 5.56 Å². The molecule has 0 aliphatic rings. The van der Waals surface area contributed by atoms with Gasteiger partial charge in [0.25, 0.3) is 0 Å². The van der Waals surface area contributed by atoms with Crippen LogP contribution < -0.4 is 10.6 Å². The molecule has 0 aliphatic carbocycles. The Morgan fingerprint density at radius 1 is 1.17 bits per heavy atom. The summed E-state index contributed by atoms with van der Waals surface area (Å²) in [4.78, 5) is 12.0. The molecule has 0 saturated heterocycles. The summed E-state index contributed by atoms with van der Waals surface area (Å²) in [6, 6.07) is 12.0. The molecule has 0 spiro atoms. The number of amides is 2. The van der Waals surface area contributed by atoms with Crippen molar-refractivity contribution in [2.45, 2.75) is 26.8 Å². The molecule has 4 nitrogen and oxygen atoms in total. The van der Waals surface area contributed by atoms with Gasteiger partial charge in [-0.05, 0) is 56.2 Å². The summed E-state index contributed by atoms with van der Waals surface area (Å²) in [6.07, 6.45) is 0. The lowest BCUT2D eigenvalue weighted by atomic mass is 10.1. The predicted molar refractivity (Wildman–Crippen MR) is 92.5 cm³/mol. The molecule has 4 heteroatoms. The highest BCUT2D eigenvalue weighted by molar-refractivity contribution is 5.90. The standard InChI is InChI=1S/C19H20N2O2/c1-13-7-8-14(2)18(11-13)21-19(23)20-15(3)9-10-16-5-4-6-17(22)12-16/h4-8,11-12,15,22H,1-3H3,(H2,20,21,23). The van der Waals surface area contributed by atoms with Gasteiger partial charge in [0.1, 0.15) is 5.75 Å². The molecular weight excluding hydrogens is 288 g/mol. The smallest absolute Gasteiger partial charge is 0.320 e. The third-order valence-corrected chi connectivity index (χ3v) is 3.27. The Morgan fingerprint density at radius 3 is 2.70 bits per heavy atom. The second-order valence-electron chi connectivity index (χ2n) is 5.46. The Bertz CT molecular complexity index is 772. The van der Waals surface area contributed by atoms with Gasteiger partial charge in [-0.3, -0.25) is 0 Å². The summed E-state index contributed by atoms with van der Waals surface area (Å²) in [5.41, 5.74) is 3.58. The molecule has 0 heterocycles. The zero-order chi connectivity index (χ0) is 16.8. The first-order chi connectivity index (χ1) is 10.9. The van der Waals surface area contributed by atoms with Crippen molar-refractivity contribution in [1.82, 2.24) is 5.32 Å². The van der Waals surface area contributed by atoms with E-state index in [1.165, 1.54) is 0 Å². The minimum Gasteiger partial charge on any atom is -0.508 e. The Hall–Kier alpha value is -2.93. The molecule has 2 rings (SSSR count). The van der Waals surface area contributed by atoms with E-state index in [2.05, 4.69) is 22.5 Å². The lowest BCUT2D eigenvalue weighted by Crippen LogP contribution is -2.35. The highest BCUT2D eigenvalue weighted by Crippen LogP contribution is 2.16. The van der Waals surface area contributed by atoms with Crippen LogP contribution in [0.3, 0.4) is 0 Å². The molecule has 2 aromatic carbocycles. The zero-order valence-electron chi connectivity index (χ0n) is 13.5. The number of anilines is 1. The monoisotopic (exact) mass is 308 g/mol. The SMILES string of the molecule is Cc1ccc(C)c(NC(=O)NC(C)C#Cc2cccc(O)c2)c1. The Morgan fingerprint density at radius 2 is 1.96 bits per heavy atom. The van der Waals surface area contributed by atoms with E-state index in [1.807, 2.05) is 32.0 Å². The average Bonchev–Trinajstić information content (AvgIpc) is 2.49. The molecule has 0 bridgehead atoms. The lowest BCUT2D eigenvalue weighted by Gasteiger charge is -2.12. The zero-order valence-corrected chi connectivity index (χ0v) is 13.5. The van der Waals surface area contributed by atoms with Gasteiger partial charge in [0.2, 0.25) is 0 Å². The van der Waals surface area contributed by atoms with Gasteiger partial charge < -0.3 is 15.7 Å². The van der Waals surface area contributed by atoms with E-state index in [1.54, 1.807) is 31.2 Å². The van der Waals surface area contributed by atoms with E-state index in [4.69, 9.17) is 0 Å². The van der Waals surface area contributed by atoms with Gasteiger partial charge in [0.15, 0.2) is 0 Å². The predicted octanol–water partition coefficient (Wildman–Crippen LogP) is 3.57. The maximum atomic E-state index is 12.0. The molecule has 2 aromatic rings. The number of phenolic OH excluding ortho intramolecular Hbond substituents is 1. The molecule has 23 heavy (non-hydrogen) atoms. The fraction of sp³-hybridized carbons (Fsp3) is 0.211. The van der Waals surface area contributed by atoms with E-state index in [0.717, 1.165) is 16.8 Å². The second kappa shape index (κ2) is 7.37. The van der Waals surface area contributed by atoms with Gasteiger partial charge in [-0.15, -0.1) is 0 Å². The largest absolute Gasteiger partial charge is 0.508 e. The van der Waals surface area contributed by atoms with Crippen LogP contribution in [-0.4, -0.2) is 17.2 Å². The molecule has 0 aromatic heterocycles. The van der Waals surface area contributed by atoms with E-state index in [9.17, 15) is 9.90 Å². The highest BCUT2D eigenvalue weighted by atomic mass is 16.3. The van der Waals surface area contributed by atoms with Crippen LogP contribution in [0.2, 0.25) is 0 Å². The number of urea groups is 1. The molecule has 0 radical (unpaired) electrons. The fourth-order valence-electron chi connectivity index (χ4n) is 2.04. The van der Waals surface area contributed by atoms with E-state index < -0.39 is 0 Å². The van der Waals surface area contributed by atoms with Crippen LogP contribution in [0.25, 0.3) is 0 Å². The van der Waals surface area contributed by atoms with Crippen molar-refractivity contribution < 1.29 is 9.90 Å². The van der Waals surface area contributed by atoms with Crippen molar-refractivity contribution >= 4 is 11.7 Å². The molecule has 3 N–H and O–H groups in total. The van der Waals surface area contributed by atoms with Crippen molar-refractivity contribution in [1.29, 1.82) is 0 Å². The number of aryl methyl sites for hydroxylation is 2. The first-order valence-corrected chi connectivity index (χ1v) is 7.39. The summed E-state index contributed by atoms with van der Waals surface area (Å²) in [6.45, 7) is 5.73. The number of hydrogen-bond donors (Lipinski definition) is 3. The number of aromatic hydroxyl groups is 1. The highest BCUT2D eigenvalue weighted by Gasteiger charge is 2.06. The van der Waals surface area contributed by atoms with Gasteiger partial charge in [-0.25, -0.2) is 4.79 Å². The Balaban J connectivity index is 1.96. The summed E-state index contributed by atoms with van der Waals surface area (Å²) in [7, 11) is 0. The van der Waals surface area contributed by atoms with Crippen LogP contribution in [-0.2, 0) is 0 Å². The van der Waals surface area contributed by atoms with Gasteiger partial charge in [0.05, 0.1) is 6.04 Å². The molecule has 1 atom stereocenters. The third kappa shape index (κ3) is 5.08. The molecule has 2 amide bonds. The Kier molecular flexibility index (Phi) is 5.27. The van der Waals surface area contributed by atoms with E-state index in [-0.39, 0.29) is 17.8 Å². The normalized spacial score (nSPS) is 11.1. The second-order valence-corrected chi connectivity index (χ2v) is 5.46. The van der Waals surface area contributed by atoms with Gasteiger partial charge in [-0.2, -0.15) is 0 Å². The average molecular weight is 308 g/mol. The molecule has 118 valence electrons. The van der Waals surface area contributed by atoms with Crippen molar-refractivity contribution in [3.05, 3.63) is 59.2 Å². The first-order valence-electron chi connectivity index (χ1n) is 7.39. The van der Waals surface area contributed by atoms with Crippen LogP contribution in [0.5, 0.6) is 5.75 Å². The van der Waals surface area contributed by atoms with Crippen molar-refractivity contribution in [2.75, 3.05) is 5.32 Å². The number of carbonyl (C=O) groups is 1. The van der Waals surface area contributed by atoms with Crippen LogP contribution in [0, 0.1) is 25.7 Å². The van der Waals surface area contributed by atoms with Gasteiger partial charge >= 0.3 is 6.03 Å². The van der Waals surface area contributed by atoms with Gasteiger partial charge in [0, 0.05) is 11.3 Å². The number of benzene rings is 2. The van der Waals surface area contributed by atoms with Crippen LogP contribution in [0.1, 0.15) is 23.6 Å². The topological polar surface area (TPSA) is 61.4 Å². The minimum absolute atomic E-state index is 0.171. The van der Waals surface area contributed by atoms with E-state index >= 15 is 0 Å². The van der Waals surface area contributed by atoms with Crippen molar-refractivity contribution in [3.63, 3.8) is 0 Å². The molecular formula is C19H20N2O2. The summed E-state index contributed by atoms with van der Waals surface area (Å²) in [5, 5.41) is 15.0. The number of rotatable bonds is 2.